The fourth-order valence-corrected chi connectivity index (χ4v) is 1.40. The predicted molar refractivity (Wildman–Crippen MR) is 64.2 cm³/mol. The Labute approximate surface area is 108 Å². The van der Waals surface area contributed by atoms with E-state index in [9.17, 15) is 0 Å². The van der Waals surface area contributed by atoms with Gasteiger partial charge >= 0.3 is 17.1 Å². The molecule has 0 aromatic heterocycles. The van der Waals surface area contributed by atoms with Crippen molar-refractivity contribution in [2.75, 3.05) is 6.61 Å². The Hall–Kier alpha value is -0.821. The van der Waals surface area contributed by atoms with E-state index in [1.165, 1.54) is 5.56 Å². The minimum absolute atomic E-state index is 0. The topological polar surface area (TPSA) is 20.2 Å². The van der Waals surface area contributed by atoms with Crippen molar-refractivity contribution in [1.29, 1.82) is 0 Å². The van der Waals surface area contributed by atoms with Gasteiger partial charge in [-0.15, -0.1) is 0 Å². The van der Waals surface area contributed by atoms with Crippen molar-refractivity contribution in [2.24, 2.45) is 0 Å². The van der Waals surface area contributed by atoms with Crippen LogP contribution >= 0.6 is 0 Å². The number of aliphatic hydroxyl groups is 1. The maximum Gasteiger partial charge on any atom is 2.00 e. The van der Waals surface area contributed by atoms with E-state index < -0.39 is 0 Å². The van der Waals surface area contributed by atoms with Crippen molar-refractivity contribution < 1.29 is 22.2 Å². The van der Waals surface area contributed by atoms with Crippen LogP contribution in [-0.2, 0) is 17.1 Å². The van der Waals surface area contributed by atoms with Gasteiger partial charge in [-0.05, 0) is 12.3 Å². The maximum atomic E-state index is 8.64. The third-order valence-corrected chi connectivity index (χ3v) is 2.38. The second kappa shape index (κ2) is 9.41. The predicted octanol–water partition coefficient (Wildman–Crippen LogP) is 3.29. The van der Waals surface area contributed by atoms with Crippen molar-refractivity contribution in [3.63, 3.8) is 0 Å². The average Bonchev–Trinajstić information content (AvgIpc) is 2.95. The molecule has 0 radical (unpaired) electrons. The summed E-state index contributed by atoms with van der Waals surface area (Å²) in [5.74, 6) is 0.500. The molecule has 0 aliphatic heterocycles. The molecule has 0 amide bonds. The van der Waals surface area contributed by atoms with E-state index in [0.29, 0.717) is 5.92 Å². The van der Waals surface area contributed by atoms with Gasteiger partial charge < -0.3 is 5.11 Å². The minimum Gasteiger partial charge on any atom is -0.396 e. The first kappa shape index (κ1) is 15.2. The van der Waals surface area contributed by atoms with Gasteiger partial charge in [0.1, 0.15) is 0 Å². The summed E-state index contributed by atoms with van der Waals surface area (Å²) in [6.07, 6.45) is 0.865. The molecule has 0 fully saturated rings. The molecule has 1 nitrogen and oxygen atoms in total. The first-order chi connectivity index (χ1) is 7.34. The van der Waals surface area contributed by atoms with Gasteiger partial charge in [0.05, 0.1) is 0 Å². The maximum absolute atomic E-state index is 8.64. The standard InChI is InChI=1S/C9H13O.C5H5.Fe/c1-8(6-7-10)9-4-2-3-5-9;1-2-4-5-3-1;/h2-5,8,10H,6-7H2,1H3;1-5H;/q2*-1;+2. The second-order valence-corrected chi connectivity index (χ2v) is 3.59. The molecule has 0 saturated heterocycles. The average molecular weight is 258 g/mol. The Morgan fingerprint density at radius 3 is 2.25 bits per heavy atom. The Kier molecular flexibility index (Phi) is 8.93. The Bertz CT molecular complexity index is 293. The van der Waals surface area contributed by atoms with E-state index in [4.69, 9.17) is 5.11 Å². The van der Waals surface area contributed by atoms with E-state index >= 15 is 0 Å². The summed E-state index contributed by atoms with van der Waals surface area (Å²) in [5, 5.41) is 8.64. The fourth-order valence-electron chi connectivity index (χ4n) is 1.40. The van der Waals surface area contributed by atoms with Crippen LogP contribution in [0.25, 0.3) is 0 Å². The molecule has 0 bridgehead atoms. The Balaban J connectivity index is 0.000000318. The molecule has 2 aromatic carbocycles. The van der Waals surface area contributed by atoms with Crippen LogP contribution < -0.4 is 0 Å². The van der Waals surface area contributed by atoms with Crippen LogP contribution in [-0.4, -0.2) is 11.7 Å². The van der Waals surface area contributed by atoms with Crippen LogP contribution in [0.3, 0.4) is 0 Å². The van der Waals surface area contributed by atoms with Crippen molar-refractivity contribution in [1.82, 2.24) is 0 Å². The van der Waals surface area contributed by atoms with E-state index in [1.54, 1.807) is 0 Å². The summed E-state index contributed by atoms with van der Waals surface area (Å²) in [6, 6.07) is 18.3. The van der Waals surface area contributed by atoms with Crippen LogP contribution in [0.15, 0.2) is 54.6 Å². The Morgan fingerprint density at radius 1 is 1.19 bits per heavy atom. The first-order valence-electron chi connectivity index (χ1n) is 5.33. The van der Waals surface area contributed by atoms with Crippen LogP contribution in [0.4, 0.5) is 0 Å². The zero-order chi connectivity index (χ0) is 10.9. The third kappa shape index (κ3) is 5.92. The molecular weight excluding hydrogens is 240 g/mol. The zero-order valence-corrected chi connectivity index (χ0v) is 10.6. The molecule has 0 aliphatic carbocycles. The van der Waals surface area contributed by atoms with Gasteiger partial charge in [0.15, 0.2) is 0 Å². The largest absolute Gasteiger partial charge is 2.00 e. The smallest absolute Gasteiger partial charge is 0.396 e. The van der Waals surface area contributed by atoms with Gasteiger partial charge in [0.2, 0.25) is 0 Å². The molecule has 16 heavy (non-hydrogen) atoms. The minimum atomic E-state index is 0. The number of rotatable bonds is 3. The van der Waals surface area contributed by atoms with E-state index in [2.05, 4.69) is 19.1 Å². The van der Waals surface area contributed by atoms with Crippen molar-refractivity contribution in [2.45, 2.75) is 19.3 Å². The normalized spacial score (nSPS) is 10.9. The van der Waals surface area contributed by atoms with Gasteiger partial charge in [-0.25, -0.2) is 24.3 Å². The summed E-state index contributed by atoms with van der Waals surface area (Å²) in [5.41, 5.74) is 1.33. The summed E-state index contributed by atoms with van der Waals surface area (Å²) >= 11 is 0. The molecule has 1 unspecified atom stereocenters. The SMILES string of the molecule is CC(CCO)c1ccc[cH-]1.[Fe+2].c1cc[cH-]c1. The molecule has 2 aromatic rings. The number of hydrogen-bond donors (Lipinski definition) is 1. The fraction of sp³-hybridized carbons (Fsp3) is 0.286. The monoisotopic (exact) mass is 258 g/mol. The van der Waals surface area contributed by atoms with Crippen molar-refractivity contribution in [3.05, 3.63) is 60.2 Å². The van der Waals surface area contributed by atoms with Gasteiger partial charge in [0.25, 0.3) is 0 Å². The van der Waals surface area contributed by atoms with Gasteiger partial charge in [-0.1, -0.05) is 6.92 Å². The third-order valence-electron chi connectivity index (χ3n) is 2.38. The summed E-state index contributed by atoms with van der Waals surface area (Å²) in [7, 11) is 0. The van der Waals surface area contributed by atoms with E-state index in [0.717, 1.165) is 6.42 Å². The van der Waals surface area contributed by atoms with E-state index in [-0.39, 0.29) is 23.7 Å². The van der Waals surface area contributed by atoms with Gasteiger partial charge in [0, 0.05) is 6.61 Å². The molecule has 0 heterocycles. The van der Waals surface area contributed by atoms with Crippen LogP contribution in [0.2, 0.25) is 0 Å². The summed E-state index contributed by atoms with van der Waals surface area (Å²) in [4.78, 5) is 0. The van der Waals surface area contributed by atoms with E-state index in [1.807, 2.05) is 42.5 Å². The molecule has 2 rings (SSSR count). The summed E-state index contributed by atoms with van der Waals surface area (Å²) in [6.45, 7) is 2.41. The molecule has 1 atom stereocenters. The van der Waals surface area contributed by atoms with Crippen molar-refractivity contribution in [3.8, 4) is 0 Å². The van der Waals surface area contributed by atoms with Gasteiger partial charge in [-0.2, -0.15) is 35.9 Å². The summed E-state index contributed by atoms with van der Waals surface area (Å²) < 4.78 is 0. The first-order valence-corrected chi connectivity index (χ1v) is 5.33. The second-order valence-electron chi connectivity index (χ2n) is 3.59. The molecule has 1 N–H and O–H groups in total. The molecular formula is C14H18FeO. The molecule has 0 spiro atoms. The quantitative estimate of drug-likeness (QED) is 0.661. The molecule has 2 heteroatoms. The molecule has 88 valence electrons. The van der Waals surface area contributed by atoms with Gasteiger partial charge in [-0.3, -0.25) is 0 Å². The zero-order valence-electron chi connectivity index (χ0n) is 9.49. The molecule has 0 aliphatic rings. The van der Waals surface area contributed by atoms with Crippen LogP contribution in [0.1, 0.15) is 24.8 Å². The molecule has 0 saturated carbocycles. The van der Waals surface area contributed by atoms with Crippen LogP contribution in [0.5, 0.6) is 0 Å². The van der Waals surface area contributed by atoms with Crippen molar-refractivity contribution >= 4 is 0 Å². The number of hydrogen-bond acceptors (Lipinski definition) is 1. The number of aliphatic hydroxyl groups excluding tert-OH is 1. The van der Waals surface area contributed by atoms with Crippen LogP contribution in [0, 0.1) is 0 Å². The Morgan fingerprint density at radius 2 is 1.88 bits per heavy atom.